The number of piperidine rings is 1. The van der Waals surface area contributed by atoms with Crippen LogP contribution in [0.25, 0.3) is 16.6 Å². The van der Waals surface area contributed by atoms with E-state index in [0.717, 1.165) is 12.8 Å². The lowest BCUT2D eigenvalue weighted by molar-refractivity contribution is -0.0191. The first-order valence-electron chi connectivity index (χ1n) is 10.6. The van der Waals surface area contributed by atoms with Crippen LogP contribution in [-0.4, -0.2) is 55.5 Å². The molecule has 11 heteroatoms. The zero-order valence-corrected chi connectivity index (χ0v) is 17.4. The fourth-order valence-corrected chi connectivity index (χ4v) is 4.48. The Hall–Kier alpha value is -3.50. The van der Waals surface area contributed by atoms with Crippen molar-refractivity contribution in [1.82, 2.24) is 29.4 Å². The molecule has 1 saturated carbocycles. The molecule has 2 aliphatic rings. The molecule has 166 valence electrons. The molecule has 4 aromatic rings. The molecule has 1 aromatic carbocycles. The molecule has 0 radical (unpaired) electrons. The van der Waals surface area contributed by atoms with Gasteiger partial charge in [-0.15, -0.1) is 5.10 Å². The normalized spacial score (nSPS) is 20.8. The molecule has 1 aliphatic carbocycles. The van der Waals surface area contributed by atoms with Crippen molar-refractivity contribution in [3.63, 3.8) is 0 Å². The number of para-hydroxylation sites is 1. The molecule has 0 spiro atoms. The lowest BCUT2D eigenvalue weighted by Crippen LogP contribution is -2.46. The fourth-order valence-electron chi connectivity index (χ4n) is 4.48. The Labute approximate surface area is 181 Å². The lowest BCUT2D eigenvalue weighted by Gasteiger charge is -2.37. The summed E-state index contributed by atoms with van der Waals surface area (Å²) in [6, 6.07) is 5.84. The van der Waals surface area contributed by atoms with E-state index < -0.39 is 11.8 Å². The first-order valence-corrected chi connectivity index (χ1v) is 10.6. The SMILES string of the molecule is COc1cccc2c1nc(N)n1nc([C@@H]3CN(c4cnn(C5CC5)c4)CC(F)(F)C3)nc21. The second-order valence-electron chi connectivity index (χ2n) is 8.58. The average Bonchev–Trinajstić information content (AvgIpc) is 3.31. The Balaban J connectivity index is 1.40. The van der Waals surface area contributed by atoms with Crippen molar-refractivity contribution in [3.8, 4) is 5.75 Å². The molecular formula is C21H22F2N8O. The van der Waals surface area contributed by atoms with Gasteiger partial charge in [-0.25, -0.2) is 18.7 Å². The van der Waals surface area contributed by atoms with Gasteiger partial charge >= 0.3 is 0 Å². The Morgan fingerprint density at radius 1 is 1.22 bits per heavy atom. The summed E-state index contributed by atoms with van der Waals surface area (Å²) in [5, 5.41) is 9.53. The first-order chi connectivity index (χ1) is 15.4. The zero-order chi connectivity index (χ0) is 22.0. The summed E-state index contributed by atoms with van der Waals surface area (Å²) in [5.74, 6) is -2.43. The monoisotopic (exact) mass is 440 g/mol. The van der Waals surface area contributed by atoms with Crippen molar-refractivity contribution in [2.24, 2.45) is 0 Å². The van der Waals surface area contributed by atoms with Crippen molar-refractivity contribution in [2.45, 2.75) is 37.1 Å². The second kappa shape index (κ2) is 6.75. The van der Waals surface area contributed by atoms with E-state index in [1.165, 1.54) is 4.52 Å². The summed E-state index contributed by atoms with van der Waals surface area (Å²) in [6.07, 6.45) is 5.36. The van der Waals surface area contributed by atoms with E-state index >= 15 is 0 Å². The van der Waals surface area contributed by atoms with Gasteiger partial charge in [-0.1, -0.05) is 6.07 Å². The molecular weight excluding hydrogens is 418 g/mol. The highest BCUT2D eigenvalue weighted by Crippen LogP contribution is 2.39. The highest BCUT2D eigenvalue weighted by Gasteiger charge is 2.43. The number of ether oxygens (including phenoxy) is 1. The van der Waals surface area contributed by atoms with Crippen LogP contribution in [0.15, 0.2) is 30.6 Å². The van der Waals surface area contributed by atoms with Crippen LogP contribution in [0, 0.1) is 0 Å². The number of nitrogens with zero attached hydrogens (tertiary/aromatic N) is 7. The number of aromatic nitrogens is 6. The van der Waals surface area contributed by atoms with Crippen LogP contribution >= 0.6 is 0 Å². The third-order valence-corrected chi connectivity index (χ3v) is 6.17. The second-order valence-corrected chi connectivity index (χ2v) is 8.58. The zero-order valence-electron chi connectivity index (χ0n) is 17.4. The number of alkyl halides is 2. The van der Waals surface area contributed by atoms with Gasteiger partial charge in [-0.2, -0.15) is 9.61 Å². The predicted octanol–water partition coefficient (Wildman–Crippen LogP) is 3.03. The van der Waals surface area contributed by atoms with Gasteiger partial charge in [0, 0.05) is 30.5 Å². The van der Waals surface area contributed by atoms with Crippen LogP contribution in [-0.2, 0) is 0 Å². The maximum Gasteiger partial charge on any atom is 0.266 e. The number of fused-ring (bicyclic) bond motifs is 3. The third kappa shape index (κ3) is 3.10. The summed E-state index contributed by atoms with van der Waals surface area (Å²) in [4.78, 5) is 10.7. The summed E-state index contributed by atoms with van der Waals surface area (Å²) < 4.78 is 38.2. The number of benzene rings is 1. The standard InChI is InChI=1S/C21H22F2N8O/c1-32-16-4-2-3-15-17(16)26-20(24)31-19(15)27-18(28-31)12-7-21(22,23)11-29(9-12)14-8-25-30(10-14)13-5-6-13/h2-4,8,10,12-13H,5-7,9,11H2,1H3,(H2,24,26)/t12-/m0/s1. The maximum atomic E-state index is 14.8. The van der Waals surface area contributed by atoms with Crippen molar-refractivity contribution in [1.29, 1.82) is 0 Å². The lowest BCUT2D eigenvalue weighted by atomic mass is 9.94. The van der Waals surface area contributed by atoms with E-state index in [4.69, 9.17) is 10.5 Å². The van der Waals surface area contributed by atoms with E-state index in [0.29, 0.717) is 46.4 Å². The molecule has 9 nitrogen and oxygen atoms in total. The molecule has 4 heterocycles. The summed E-state index contributed by atoms with van der Waals surface area (Å²) in [6.45, 7) is 0.0223. The van der Waals surface area contributed by atoms with E-state index in [1.807, 2.05) is 23.0 Å². The Morgan fingerprint density at radius 2 is 2.06 bits per heavy atom. The minimum atomic E-state index is -2.88. The van der Waals surface area contributed by atoms with Crippen LogP contribution < -0.4 is 15.4 Å². The van der Waals surface area contributed by atoms with Gasteiger partial charge in [0.25, 0.3) is 5.92 Å². The molecule has 1 atom stereocenters. The number of methoxy groups -OCH3 is 1. The number of nitrogens with two attached hydrogens (primary N) is 1. The third-order valence-electron chi connectivity index (χ3n) is 6.17. The minimum absolute atomic E-state index is 0.126. The Kier molecular flexibility index (Phi) is 4.05. The minimum Gasteiger partial charge on any atom is -0.494 e. The fraction of sp³-hybridized carbons (Fsp3) is 0.429. The van der Waals surface area contributed by atoms with Gasteiger partial charge in [-0.05, 0) is 25.0 Å². The van der Waals surface area contributed by atoms with Crippen LogP contribution in [0.5, 0.6) is 5.75 Å². The smallest absolute Gasteiger partial charge is 0.266 e. The summed E-state index contributed by atoms with van der Waals surface area (Å²) in [5.41, 5.74) is 7.85. The van der Waals surface area contributed by atoms with Crippen molar-refractivity contribution >= 4 is 28.2 Å². The van der Waals surface area contributed by atoms with Crippen LogP contribution in [0.3, 0.4) is 0 Å². The molecule has 0 bridgehead atoms. The van der Waals surface area contributed by atoms with Gasteiger partial charge in [0.2, 0.25) is 5.95 Å². The average molecular weight is 440 g/mol. The van der Waals surface area contributed by atoms with Gasteiger partial charge in [0.05, 0.1) is 31.6 Å². The first kappa shape index (κ1) is 19.2. The van der Waals surface area contributed by atoms with Gasteiger partial charge < -0.3 is 15.4 Å². The van der Waals surface area contributed by atoms with Gasteiger partial charge in [-0.3, -0.25) is 4.68 Å². The van der Waals surface area contributed by atoms with E-state index in [-0.39, 0.29) is 18.9 Å². The number of anilines is 2. The molecule has 2 N–H and O–H groups in total. The number of halogens is 2. The van der Waals surface area contributed by atoms with Gasteiger partial charge in [0.1, 0.15) is 11.3 Å². The molecule has 1 aliphatic heterocycles. The predicted molar refractivity (Wildman–Crippen MR) is 114 cm³/mol. The number of hydrogen-bond acceptors (Lipinski definition) is 7. The number of rotatable bonds is 4. The largest absolute Gasteiger partial charge is 0.494 e. The van der Waals surface area contributed by atoms with E-state index in [1.54, 1.807) is 24.3 Å². The van der Waals surface area contributed by atoms with Crippen LogP contribution in [0.2, 0.25) is 0 Å². The molecule has 1 saturated heterocycles. The number of nitrogen functional groups attached to an aromatic ring is 1. The van der Waals surface area contributed by atoms with Crippen LogP contribution in [0.4, 0.5) is 20.4 Å². The summed E-state index contributed by atoms with van der Waals surface area (Å²) in [7, 11) is 1.55. The van der Waals surface area contributed by atoms with E-state index in [9.17, 15) is 8.78 Å². The molecule has 2 fully saturated rings. The molecule has 3 aromatic heterocycles. The van der Waals surface area contributed by atoms with Crippen molar-refractivity contribution < 1.29 is 13.5 Å². The topological polar surface area (TPSA) is 99.4 Å². The number of hydrogen-bond donors (Lipinski definition) is 1. The Morgan fingerprint density at radius 3 is 2.84 bits per heavy atom. The molecule has 0 unspecified atom stereocenters. The molecule has 0 amide bonds. The van der Waals surface area contributed by atoms with Crippen LogP contribution in [0.1, 0.15) is 37.0 Å². The molecule has 6 rings (SSSR count). The summed E-state index contributed by atoms with van der Waals surface area (Å²) >= 11 is 0. The van der Waals surface area contributed by atoms with E-state index in [2.05, 4.69) is 20.2 Å². The van der Waals surface area contributed by atoms with Crippen molar-refractivity contribution in [2.75, 3.05) is 30.8 Å². The van der Waals surface area contributed by atoms with Gasteiger partial charge in [0.15, 0.2) is 11.5 Å². The highest BCUT2D eigenvalue weighted by atomic mass is 19.3. The van der Waals surface area contributed by atoms with Crippen molar-refractivity contribution in [3.05, 3.63) is 36.4 Å². The Bertz CT molecular complexity index is 1330. The quantitative estimate of drug-likeness (QED) is 0.521. The highest BCUT2D eigenvalue weighted by molar-refractivity contribution is 5.95. The maximum absolute atomic E-state index is 14.8. The molecule has 32 heavy (non-hydrogen) atoms.